The normalized spacial score (nSPS) is 13.0. The predicted octanol–water partition coefficient (Wildman–Crippen LogP) is 14.9. The second-order valence-corrected chi connectivity index (χ2v) is 17.3. The Morgan fingerprint density at radius 3 is 1.39 bits per heavy atom. The van der Waals surface area contributed by atoms with Gasteiger partial charge in [0, 0.05) is 36.9 Å². The van der Waals surface area contributed by atoms with Crippen LogP contribution in [0.3, 0.4) is 0 Å². The van der Waals surface area contributed by atoms with Gasteiger partial charge in [0.1, 0.15) is 0 Å². The fourth-order valence-corrected chi connectivity index (χ4v) is 11.4. The van der Waals surface area contributed by atoms with Crippen molar-refractivity contribution in [3.05, 3.63) is 235 Å². The molecule has 0 unspecified atom stereocenters. The minimum absolute atomic E-state index is 0.609. The van der Waals surface area contributed by atoms with Crippen LogP contribution in [0.2, 0.25) is 0 Å². The van der Waals surface area contributed by atoms with Gasteiger partial charge in [-0.25, -0.2) is 15.0 Å². The van der Waals surface area contributed by atoms with Gasteiger partial charge in [-0.2, -0.15) is 0 Å². The van der Waals surface area contributed by atoms with E-state index in [0.717, 1.165) is 27.8 Å². The average Bonchev–Trinajstić information content (AvgIpc) is 3.84. The zero-order valence-electron chi connectivity index (χ0n) is 33.5. The van der Waals surface area contributed by atoms with Crippen molar-refractivity contribution in [3.8, 4) is 78.7 Å². The average molecular weight is 806 g/mol. The molecule has 3 nitrogen and oxygen atoms in total. The second kappa shape index (κ2) is 13.6. The molecule has 0 bridgehead atoms. The smallest absolute Gasteiger partial charge is 0.164 e. The van der Waals surface area contributed by atoms with E-state index >= 15 is 0 Å². The van der Waals surface area contributed by atoms with Crippen molar-refractivity contribution in [1.29, 1.82) is 0 Å². The molecule has 0 amide bonds. The molecule has 0 aliphatic heterocycles. The highest BCUT2D eigenvalue weighted by atomic mass is 32.1. The number of fused-ring (bicyclic) bond motifs is 15. The lowest BCUT2D eigenvalue weighted by molar-refractivity contribution is 0.775. The van der Waals surface area contributed by atoms with Crippen LogP contribution in [0.1, 0.15) is 22.3 Å². The number of hydrogen-bond donors (Lipinski definition) is 0. The molecule has 0 atom stereocenters. The molecule has 9 aromatic carbocycles. The van der Waals surface area contributed by atoms with Crippen molar-refractivity contribution in [2.75, 3.05) is 0 Å². The van der Waals surface area contributed by atoms with Crippen LogP contribution in [0.4, 0.5) is 0 Å². The van der Waals surface area contributed by atoms with Gasteiger partial charge in [-0.3, -0.25) is 0 Å². The monoisotopic (exact) mass is 805 g/mol. The molecule has 0 N–H and O–H groups in total. The van der Waals surface area contributed by atoms with Crippen LogP contribution in [0.25, 0.3) is 98.8 Å². The van der Waals surface area contributed by atoms with E-state index in [4.69, 9.17) is 15.0 Å². The Morgan fingerprint density at radius 1 is 0.274 bits per heavy atom. The van der Waals surface area contributed by atoms with Gasteiger partial charge in [-0.1, -0.05) is 176 Å². The van der Waals surface area contributed by atoms with E-state index in [2.05, 4.69) is 212 Å². The van der Waals surface area contributed by atoms with Crippen molar-refractivity contribution < 1.29 is 0 Å². The van der Waals surface area contributed by atoms with Gasteiger partial charge in [-0.15, -0.1) is 11.3 Å². The molecule has 2 aromatic heterocycles. The fourth-order valence-electron chi connectivity index (χ4n) is 10.3. The van der Waals surface area contributed by atoms with Crippen LogP contribution in [-0.2, 0) is 5.41 Å². The molecular formula is C58H35N3S. The quantitative estimate of drug-likeness (QED) is 0.178. The summed E-state index contributed by atoms with van der Waals surface area (Å²) in [6.45, 7) is 0. The first-order valence-electron chi connectivity index (χ1n) is 21.1. The maximum atomic E-state index is 5.38. The van der Waals surface area contributed by atoms with E-state index < -0.39 is 5.41 Å². The van der Waals surface area contributed by atoms with Crippen LogP contribution in [0.15, 0.2) is 212 Å². The summed E-state index contributed by atoms with van der Waals surface area (Å²) in [5.74, 6) is 1.92. The van der Waals surface area contributed by atoms with Gasteiger partial charge in [0.25, 0.3) is 0 Å². The van der Waals surface area contributed by atoms with E-state index in [1.165, 1.54) is 75.8 Å². The third-order valence-corrected chi connectivity index (χ3v) is 14.1. The minimum Gasteiger partial charge on any atom is -0.208 e. The number of benzene rings is 9. The fraction of sp³-hybridized carbons (Fsp3) is 0.0172. The zero-order valence-corrected chi connectivity index (χ0v) is 34.3. The van der Waals surface area contributed by atoms with Crippen LogP contribution < -0.4 is 0 Å². The lowest BCUT2D eigenvalue weighted by Crippen LogP contribution is -2.29. The van der Waals surface area contributed by atoms with Gasteiger partial charge in [0.2, 0.25) is 0 Å². The molecule has 1 spiro atoms. The van der Waals surface area contributed by atoms with Gasteiger partial charge >= 0.3 is 0 Å². The summed E-state index contributed by atoms with van der Waals surface area (Å²) in [4.78, 5) is 16.0. The number of aromatic nitrogens is 3. The van der Waals surface area contributed by atoms with E-state index in [1.807, 2.05) is 11.3 Å². The molecule has 0 fully saturated rings. The van der Waals surface area contributed by atoms with E-state index in [9.17, 15) is 0 Å². The summed E-state index contributed by atoms with van der Waals surface area (Å²) in [5.41, 5.74) is 17.0. The maximum Gasteiger partial charge on any atom is 0.164 e. The number of rotatable bonds is 4. The molecule has 2 aliphatic carbocycles. The lowest BCUT2D eigenvalue weighted by Gasteiger charge is -2.35. The van der Waals surface area contributed by atoms with Gasteiger partial charge in [-0.05, 0) is 103 Å². The largest absolute Gasteiger partial charge is 0.208 e. The molecule has 11 aromatic rings. The van der Waals surface area contributed by atoms with E-state index in [-0.39, 0.29) is 0 Å². The van der Waals surface area contributed by atoms with Crippen molar-refractivity contribution in [3.63, 3.8) is 0 Å². The highest BCUT2D eigenvalue weighted by molar-refractivity contribution is 7.25. The zero-order chi connectivity index (χ0) is 40.8. The molecule has 62 heavy (non-hydrogen) atoms. The second-order valence-electron chi connectivity index (χ2n) is 16.3. The highest BCUT2D eigenvalue weighted by Gasteiger charge is 2.49. The van der Waals surface area contributed by atoms with Crippen molar-refractivity contribution in [2.45, 2.75) is 5.41 Å². The third-order valence-electron chi connectivity index (χ3n) is 13.0. The molecule has 0 saturated heterocycles. The minimum atomic E-state index is -0.609. The van der Waals surface area contributed by atoms with E-state index in [1.54, 1.807) is 0 Å². The molecular weight excluding hydrogens is 771 g/mol. The van der Waals surface area contributed by atoms with Gasteiger partial charge in [0.05, 0.1) is 5.41 Å². The van der Waals surface area contributed by atoms with Crippen LogP contribution in [0, 0.1) is 0 Å². The van der Waals surface area contributed by atoms with Gasteiger partial charge in [0.15, 0.2) is 17.5 Å². The summed E-state index contributed by atoms with van der Waals surface area (Å²) in [6.07, 6.45) is 0. The summed E-state index contributed by atoms with van der Waals surface area (Å²) in [6, 6.07) is 77.1. The Kier molecular flexibility index (Phi) is 7.69. The number of nitrogens with zero attached hydrogens (tertiary/aromatic N) is 3. The Bertz CT molecular complexity index is 3540. The Morgan fingerprint density at radius 2 is 0.726 bits per heavy atom. The molecule has 288 valence electrons. The van der Waals surface area contributed by atoms with E-state index in [0.29, 0.717) is 17.5 Å². The summed E-state index contributed by atoms with van der Waals surface area (Å²) in [5, 5.41) is 2.45. The first kappa shape index (κ1) is 35.0. The summed E-state index contributed by atoms with van der Waals surface area (Å²) >= 11 is 1.82. The highest BCUT2D eigenvalue weighted by Crippen LogP contribution is 2.61. The molecule has 2 aliphatic rings. The molecule has 0 radical (unpaired) electrons. The summed E-state index contributed by atoms with van der Waals surface area (Å²) < 4.78 is 2.52. The topological polar surface area (TPSA) is 38.7 Å². The van der Waals surface area contributed by atoms with Crippen LogP contribution in [-0.4, -0.2) is 15.0 Å². The molecule has 2 heterocycles. The predicted molar refractivity (Wildman–Crippen MR) is 256 cm³/mol. The van der Waals surface area contributed by atoms with Crippen LogP contribution >= 0.6 is 11.3 Å². The Hall–Kier alpha value is -7.79. The lowest BCUT2D eigenvalue weighted by atomic mass is 9.66. The maximum absolute atomic E-state index is 5.38. The first-order chi connectivity index (χ1) is 30.7. The Labute approximate surface area is 363 Å². The van der Waals surface area contributed by atoms with Crippen molar-refractivity contribution in [2.24, 2.45) is 0 Å². The van der Waals surface area contributed by atoms with Gasteiger partial charge < -0.3 is 0 Å². The number of hydrogen-bond acceptors (Lipinski definition) is 4. The van der Waals surface area contributed by atoms with Crippen molar-refractivity contribution in [1.82, 2.24) is 15.0 Å². The first-order valence-corrected chi connectivity index (χ1v) is 21.9. The molecule has 4 heteroatoms. The number of thiophene rings is 1. The van der Waals surface area contributed by atoms with Crippen LogP contribution in [0.5, 0.6) is 0 Å². The molecule has 0 saturated carbocycles. The summed E-state index contributed by atoms with van der Waals surface area (Å²) in [7, 11) is 0. The molecule has 13 rings (SSSR count). The SMILES string of the molecule is c1ccc(-c2cccc(-c3nc(-c4ccc5c(c4)C4(c6ccccc6-c6ccccc6-c6ccccc64)c4ccccc4-5)nc(-c4ccc5sc6ccccc6c5c4)n3)c2)cc1. The Balaban J connectivity index is 1.07. The standard InChI is InChI=1S/C58H35N3S/c1-2-15-36(16-3-1)37-17-14-18-38(33-37)55-59-56(39-30-32-54-48(34-39)47-24-9-13-28-53(47)62-54)61-57(60-55)40-29-31-46-45-23-8-12-27-51(45)58(52(46)35-40)49-25-10-6-21-43(49)41-19-4-5-20-42(41)44-22-7-11-26-50(44)58/h1-35H. The third kappa shape index (κ3) is 5.14. The van der Waals surface area contributed by atoms with Crippen molar-refractivity contribution >= 4 is 31.5 Å².